The lowest BCUT2D eigenvalue weighted by atomic mass is 9.72. The minimum Gasteiger partial charge on any atom is -0.459 e. The molecular formula is C63H38N2O. The van der Waals surface area contributed by atoms with Crippen molar-refractivity contribution in [2.24, 2.45) is 0 Å². The normalized spacial score (nSPS) is 14.7. The predicted molar refractivity (Wildman–Crippen MR) is 272 cm³/mol. The number of nitrogens with zero attached hydrogens (tertiary/aromatic N) is 2. The molecule has 0 N–H and O–H groups in total. The number of aromatic nitrogens is 2. The van der Waals surface area contributed by atoms with Crippen LogP contribution in [0.25, 0.3) is 110 Å². The molecule has 0 saturated heterocycles. The van der Waals surface area contributed by atoms with Crippen LogP contribution in [-0.2, 0) is 5.41 Å². The molecule has 0 bridgehead atoms. The van der Waals surface area contributed by atoms with Gasteiger partial charge in [0.15, 0.2) is 0 Å². The molecule has 306 valence electrons. The molecule has 10 aromatic carbocycles. The fourth-order valence-corrected chi connectivity index (χ4v) is 12.0. The van der Waals surface area contributed by atoms with Crippen LogP contribution in [0.3, 0.4) is 0 Å². The van der Waals surface area contributed by atoms with E-state index in [2.05, 4.69) is 240 Å². The lowest BCUT2D eigenvalue weighted by Crippen LogP contribution is -2.25. The highest BCUT2D eigenvalue weighted by atomic mass is 16.3. The van der Waals surface area contributed by atoms with Gasteiger partial charge in [-0.05, 0) is 122 Å². The summed E-state index contributed by atoms with van der Waals surface area (Å²) in [7, 11) is 0. The number of furan rings is 1. The van der Waals surface area contributed by atoms with E-state index in [-0.39, 0.29) is 0 Å². The molecule has 66 heavy (non-hydrogen) atoms. The van der Waals surface area contributed by atoms with E-state index in [4.69, 9.17) is 4.42 Å². The Hall–Kier alpha value is -8.66. The molecule has 0 radical (unpaired) electrons. The lowest BCUT2D eigenvalue weighted by molar-refractivity contribution is 0.507. The maximum atomic E-state index is 7.18. The van der Waals surface area contributed by atoms with Gasteiger partial charge in [0.05, 0.1) is 22.1 Å². The summed E-state index contributed by atoms with van der Waals surface area (Å²) < 4.78 is 12.0. The van der Waals surface area contributed by atoms with E-state index in [9.17, 15) is 0 Å². The summed E-state index contributed by atoms with van der Waals surface area (Å²) in [6.45, 7) is 0. The van der Waals surface area contributed by atoms with E-state index in [0.29, 0.717) is 0 Å². The highest BCUT2D eigenvalue weighted by Crippen LogP contribution is 2.65. The Labute approximate surface area is 380 Å². The van der Waals surface area contributed by atoms with Gasteiger partial charge in [-0.2, -0.15) is 0 Å². The molecule has 1 unspecified atom stereocenters. The van der Waals surface area contributed by atoms with Crippen molar-refractivity contribution in [1.82, 2.24) is 9.13 Å². The molecule has 13 aromatic rings. The predicted octanol–water partition coefficient (Wildman–Crippen LogP) is 16.3. The van der Waals surface area contributed by atoms with Crippen LogP contribution in [0, 0.1) is 0 Å². The number of rotatable bonds is 4. The summed E-state index contributed by atoms with van der Waals surface area (Å²) in [6, 6.07) is 84.8. The molecule has 1 spiro atoms. The van der Waals surface area contributed by atoms with Gasteiger partial charge in [-0.3, -0.25) is 0 Å². The Morgan fingerprint density at radius 2 is 0.697 bits per heavy atom. The quantitative estimate of drug-likeness (QED) is 0.173. The van der Waals surface area contributed by atoms with E-state index in [1.807, 2.05) is 0 Å². The molecule has 3 heteroatoms. The molecule has 0 amide bonds. The standard InChI is InChI=1S/C63H38N2O/c1-7-19-53-45(13-1)46-35-29-41(39-25-31-43(32-26-39)64-56-20-8-2-14-47(56)48-15-3-9-21-57(48)64)37-54(46)63(53)55-38-42(30-36-51(55)61-52-18-6-12-24-60(52)66-62(61)63)40-27-33-44(34-28-40)65-58-22-10-4-16-49(58)50-17-5-11-23-59(50)65/h1-38H. The van der Waals surface area contributed by atoms with Crippen LogP contribution in [-0.4, -0.2) is 9.13 Å². The fourth-order valence-electron chi connectivity index (χ4n) is 12.0. The van der Waals surface area contributed by atoms with Gasteiger partial charge in [0.2, 0.25) is 0 Å². The average Bonchev–Trinajstić information content (AvgIpc) is 4.17. The van der Waals surface area contributed by atoms with Crippen molar-refractivity contribution in [2.75, 3.05) is 0 Å². The summed E-state index contributed by atoms with van der Waals surface area (Å²) in [5, 5.41) is 6.21. The van der Waals surface area contributed by atoms with Crippen molar-refractivity contribution in [3.05, 3.63) is 253 Å². The molecule has 3 nitrogen and oxygen atoms in total. The highest BCUT2D eigenvalue weighted by Gasteiger charge is 2.55. The Kier molecular flexibility index (Phi) is 7.15. The van der Waals surface area contributed by atoms with Crippen molar-refractivity contribution >= 4 is 54.6 Å². The molecule has 3 aromatic heterocycles. The van der Waals surface area contributed by atoms with Crippen LogP contribution in [0.15, 0.2) is 235 Å². The topological polar surface area (TPSA) is 23.0 Å². The van der Waals surface area contributed by atoms with Crippen LogP contribution in [0.1, 0.15) is 22.5 Å². The van der Waals surface area contributed by atoms with Gasteiger partial charge < -0.3 is 13.6 Å². The van der Waals surface area contributed by atoms with Gasteiger partial charge in [0, 0.05) is 43.9 Å². The smallest absolute Gasteiger partial charge is 0.135 e. The van der Waals surface area contributed by atoms with Crippen LogP contribution in [0.5, 0.6) is 0 Å². The molecule has 0 aliphatic heterocycles. The summed E-state index contributed by atoms with van der Waals surface area (Å²) in [6.07, 6.45) is 0. The van der Waals surface area contributed by atoms with Crippen molar-refractivity contribution in [3.8, 4) is 55.9 Å². The summed E-state index contributed by atoms with van der Waals surface area (Å²) in [5.74, 6) is 1.00. The zero-order valence-electron chi connectivity index (χ0n) is 35.7. The second-order valence-corrected chi connectivity index (χ2v) is 18.0. The second kappa shape index (κ2) is 13.2. The van der Waals surface area contributed by atoms with E-state index >= 15 is 0 Å². The van der Waals surface area contributed by atoms with Crippen LogP contribution in [0.2, 0.25) is 0 Å². The molecule has 3 heterocycles. The van der Waals surface area contributed by atoms with Crippen molar-refractivity contribution in [1.29, 1.82) is 0 Å². The van der Waals surface area contributed by atoms with Crippen LogP contribution >= 0.6 is 0 Å². The lowest BCUT2D eigenvalue weighted by Gasteiger charge is -2.29. The van der Waals surface area contributed by atoms with Gasteiger partial charge in [-0.25, -0.2) is 0 Å². The summed E-state index contributed by atoms with van der Waals surface area (Å²) in [5.41, 5.74) is 20.8. The van der Waals surface area contributed by atoms with Crippen molar-refractivity contribution in [2.45, 2.75) is 5.41 Å². The minimum absolute atomic E-state index is 0.659. The largest absolute Gasteiger partial charge is 0.459 e. The third-order valence-corrected chi connectivity index (χ3v) is 14.8. The number of hydrogen-bond acceptors (Lipinski definition) is 1. The highest BCUT2D eigenvalue weighted by molar-refractivity contribution is 6.11. The summed E-state index contributed by atoms with van der Waals surface area (Å²) >= 11 is 0. The van der Waals surface area contributed by atoms with E-state index < -0.39 is 5.41 Å². The molecule has 1 atom stereocenters. The number of para-hydroxylation sites is 5. The first-order valence-electron chi connectivity index (χ1n) is 22.8. The number of fused-ring (bicyclic) bond motifs is 18. The van der Waals surface area contributed by atoms with Crippen molar-refractivity contribution < 1.29 is 4.42 Å². The van der Waals surface area contributed by atoms with Gasteiger partial charge in [0.1, 0.15) is 16.8 Å². The first-order valence-corrected chi connectivity index (χ1v) is 22.8. The molecule has 0 fully saturated rings. The number of benzene rings is 10. The SMILES string of the molecule is c1ccc2c(c1)-c1ccc(-c3ccc(-n4c5ccccc5c5ccccc54)cc3)cc1C21c2cc(-c3ccc(-n4c5ccccc5c5ccccc54)cc3)ccc2-c2c1oc1ccccc21. The molecular weight excluding hydrogens is 801 g/mol. The van der Waals surface area contributed by atoms with Crippen LogP contribution in [0.4, 0.5) is 0 Å². The van der Waals surface area contributed by atoms with Gasteiger partial charge in [-0.1, -0.05) is 164 Å². The zero-order valence-corrected chi connectivity index (χ0v) is 35.7. The maximum Gasteiger partial charge on any atom is 0.135 e. The first-order chi connectivity index (χ1) is 32.7. The third kappa shape index (κ3) is 4.66. The van der Waals surface area contributed by atoms with E-state index in [0.717, 1.165) is 28.1 Å². The molecule has 2 aliphatic rings. The molecule has 15 rings (SSSR count). The van der Waals surface area contributed by atoms with E-state index in [1.54, 1.807) is 0 Å². The van der Waals surface area contributed by atoms with Gasteiger partial charge >= 0.3 is 0 Å². The fraction of sp³-hybridized carbons (Fsp3) is 0.0159. The van der Waals surface area contributed by atoms with Crippen LogP contribution < -0.4 is 0 Å². The molecule has 2 aliphatic carbocycles. The molecule has 0 saturated carbocycles. The minimum atomic E-state index is -0.659. The van der Waals surface area contributed by atoms with E-state index in [1.165, 1.54) is 105 Å². The zero-order chi connectivity index (χ0) is 43.1. The average molecular weight is 839 g/mol. The van der Waals surface area contributed by atoms with Gasteiger partial charge in [-0.15, -0.1) is 0 Å². The monoisotopic (exact) mass is 838 g/mol. The maximum absolute atomic E-state index is 7.18. The first kappa shape index (κ1) is 35.8. The Morgan fingerprint density at radius 1 is 0.303 bits per heavy atom. The van der Waals surface area contributed by atoms with Gasteiger partial charge in [0.25, 0.3) is 0 Å². The number of hydrogen-bond donors (Lipinski definition) is 0. The Balaban J connectivity index is 0.903. The Bertz CT molecular complexity index is 4050. The summed E-state index contributed by atoms with van der Waals surface area (Å²) in [4.78, 5) is 0. The van der Waals surface area contributed by atoms with Crippen molar-refractivity contribution in [3.63, 3.8) is 0 Å². The second-order valence-electron chi connectivity index (χ2n) is 18.0. The third-order valence-electron chi connectivity index (χ3n) is 14.8. The Morgan fingerprint density at radius 3 is 1.23 bits per heavy atom.